The van der Waals surface area contributed by atoms with Crippen LogP contribution in [0.3, 0.4) is 0 Å². The first kappa shape index (κ1) is 16.7. The van der Waals surface area contributed by atoms with Crippen LogP contribution < -0.4 is 10.1 Å². The fourth-order valence-electron chi connectivity index (χ4n) is 3.64. The molecule has 1 aromatic carbocycles. The molecule has 3 rings (SSSR count). The van der Waals surface area contributed by atoms with Crippen molar-refractivity contribution in [2.24, 2.45) is 5.92 Å². The molecule has 130 valence electrons. The number of nitrogens with one attached hydrogen (secondary N) is 1. The van der Waals surface area contributed by atoms with E-state index in [1.165, 1.54) is 17.0 Å². The van der Waals surface area contributed by atoms with E-state index >= 15 is 0 Å². The van der Waals surface area contributed by atoms with Crippen molar-refractivity contribution in [3.63, 3.8) is 0 Å². The second-order valence-corrected chi connectivity index (χ2v) is 6.66. The van der Waals surface area contributed by atoms with Crippen molar-refractivity contribution in [2.75, 3.05) is 13.2 Å². The van der Waals surface area contributed by atoms with Crippen LogP contribution in [0.4, 0.5) is 9.18 Å². The molecule has 0 aromatic heterocycles. The number of rotatable bonds is 5. The molecule has 0 bridgehead atoms. The molecule has 1 saturated carbocycles. The van der Waals surface area contributed by atoms with Gasteiger partial charge in [0.1, 0.15) is 17.1 Å². The van der Waals surface area contributed by atoms with Crippen LogP contribution in [0.1, 0.15) is 39.0 Å². The van der Waals surface area contributed by atoms with Crippen LogP contribution in [-0.2, 0) is 4.79 Å². The lowest BCUT2D eigenvalue weighted by Crippen LogP contribution is -2.53. The zero-order valence-electron chi connectivity index (χ0n) is 13.9. The lowest BCUT2D eigenvalue weighted by molar-refractivity contribution is -0.134. The van der Waals surface area contributed by atoms with Crippen molar-refractivity contribution in [1.29, 1.82) is 0 Å². The maximum Gasteiger partial charge on any atom is 0.325 e. The Labute approximate surface area is 141 Å². The summed E-state index contributed by atoms with van der Waals surface area (Å²) in [6, 6.07) is 5.49. The van der Waals surface area contributed by atoms with Crippen molar-refractivity contribution in [3.8, 4) is 5.75 Å². The van der Waals surface area contributed by atoms with Crippen LogP contribution in [0.5, 0.6) is 5.75 Å². The minimum Gasteiger partial charge on any atom is -0.494 e. The maximum absolute atomic E-state index is 12.8. The van der Waals surface area contributed by atoms with Gasteiger partial charge in [0.15, 0.2) is 0 Å². The number of urea groups is 1. The van der Waals surface area contributed by atoms with Gasteiger partial charge in [0.05, 0.1) is 6.61 Å². The summed E-state index contributed by atoms with van der Waals surface area (Å²) in [7, 11) is 0. The van der Waals surface area contributed by atoms with Crippen LogP contribution in [0.15, 0.2) is 24.3 Å². The highest BCUT2D eigenvalue weighted by molar-refractivity contribution is 6.07. The van der Waals surface area contributed by atoms with Gasteiger partial charge in [-0.2, -0.15) is 0 Å². The fourth-order valence-corrected chi connectivity index (χ4v) is 3.64. The lowest BCUT2D eigenvalue weighted by Gasteiger charge is -2.36. The molecule has 5 nitrogen and oxygen atoms in total. The van der Waals surface area contributed by atoms with E-state index in [-0.39, 0.29) is 23.7 Å². The molecular formula is C18H23FN2O3. The summed E-state index contributed by atoms with van der Waals surface area (Å²) in [4.78, 5) is 26.3. The maximum atomic E-state index is 12.8. The summed E-state index contributed by atoms with van der Waals surface area (Å²) >= 11 is 0. The molecule has 1 N–H and O–H groups in total. The number of ether oxygens (including phenoxy) is 1. The van der Waals surface area contributed by atoms with Gasteiger partial charge in [-0.15, -0.1) is 0 Å². The smallest absolute Gasteiger partial charge is 0.325 e. The standard InChI is InChI=1S/C18H23FN2O3/c1-13-5-2-3-10-18(13)16(22)21(17(23)20-18)11-4-12-24-15-8-6-14(19)7-9-15/h6-9,13H,2-5,10-12H2,1H3,(H,20,23)/t13-,18+/m1/s1. The quantitative estimate of drug-likeness (QED) is 0.665. The van der Waals surface area contributed by atoms with E-state index in [0.717, 1.165) is 25.7 Å². The topological polar surface area (TPSA) is 58.6 Å². The number of nitrogens with zero attached hydrogens (tertiary/aromatic N) is 1. The molecular weight excluding hydrogens is 311 g/mol. The zero-order chi connectivity index (χ0) is 17.2. The highest BCUT2D eigenvalue weighted by atomic mass is 19.1. The van der Waals surface area contributed by atoms with Gasteiger partial charge >= 0.3 is 6.03 Å². The average Bonchev–Trinajstić information content (AvgIpc) is 2.80. The van der Waals surface area contributed by atoms with Crippen molar-refractivity contribution in [1.82, 2.24) is 10.2 Å². The lowest BCUT2D eigenvalue weighted by atomic mass is 9.73. The third-order valence-corrected chi connectivity index (χ3v) is 5.11. The Hall–Kier alpha value is -2.11. The monoisotopic (exact) mass is 334 g/mol. The number of imide groups is 1. The Morgan fingerprint density at radius 3 is 2.75 bits per heavy atom. The Bertz CT molecular complexity index is 619. The third kappa shape index (κ3) is 3.09. The summed E-state index contributed by atoms with van der Waals surface area (Å²) in [5.41, 5.74) is -0.701. The molecule has 6 heteroatoms. The largest absolute Gasteiger partial charge is 0.494 e. The number of hydrogen-bond acceptors (Lipinski definition) is 3. The number of halogens is 1. The van der Waals surface area contributed by atoms with Gasteiger partial charge < -0.3 is 10.1 Å². The minimum absolute atomic E-state index is 0.0958. The highest BCUT2D eigenvalue weighted by Gasteiger charge is 2.54. The molecule has 0 unspecified atom stereocenters. The third-order valence-electron chi connectivity index (χ3n) is 5.11. The van der Waals surface area contributed by atoms with Crippen molar-refractivity contribution >= 4 is 11.9 Å². The second kappa shape index (κ2) is 6.79. The molecule has 1 aromatic rings. The van der Waals surface area contributed by atoms with E-state index in [4.69, 9.17) is 4.74 Å². The molecule has 2 aliphatic rings. The molecule has 3 amide bonds. The second-order valence-electron chi connectivity index (χ2n) is 6.66. The molecule has 2 atom stereocenters. The van der Waals surface area contributed by atoms with Gasteiger partial charge in [0, 0.05) is 6.54 Å². The van der Waals surface area contributed by atoms with Crippen molar-refractivity contribution in [2.45, 2.75) is 44.6 Å². The predicted octanol–water partition coefficient (Wildman–Crippen LogP) is 3.10. The van der Waals surface area contributed by atoms with E-state index < -0.39 is 5.54 Å². The zero-order valence-corrected chi connectivity index (χ0v) is 13.9. The summed E-state index contributed by atoms with van der Waals surface area (Å²) in [6.07, 6.45) is 4.31. The Kier molecular flexibility index (Phi) is 4.73. The van der Waals surface area contributed by atoms with Gasteiger partial charge in [0.2, 0.25) is 0 Å². The first-order valence-electron chi connectivity index (χ1n) is 8.55. The number of hydrogen-bond donors (Lipinski definition) is 1. The van der Waals surface area contributed by atoms with E-state index in [1.54, 1.807) is 12.1 Å². The van der Waals surface area contributed by atoms with Crippen molar-refractivity contribution in [3.05, 3.63) is 30.1 Å². The van der Waals surface area contributed by atoms with Crippen LogP contribution in [0, 0.1) is 11.7 Å². The van der Waals surface area contributed by atoms with Crippen LogP contribution in [0.25, 0.3) is 0 Å². The molecule has 1 heterocycles. The van der Waals surface area contributed by atoms with E-state index in [0.29, 0.717) is 25.3 Å². The van der Waals surface area contributed by atoms with Gasteiger partial charge in [-0.3, -0.25) is 9.69 Å². The Balaban J connectivity index is 1.53. The first-order chi connectivity index (χ1) is 11.5. The summed E-state index contributed by atoms with van der Waals surface area (Å²) in [5.74, 6) is 0.337. The van der Waals surface area contributed by atoms with Crippen LogP contribution in [-0.4, -0.2) is 35.5 Å². The molecule has 1 aliphatic heterocycles. The highest BCUT2D eigenvalue weighted by Crippen LogP contribution is 2.38. The van der Waals surface area contributed by atoms with E-state index in [1.807, 2.05) is 6.92 Å². The van der Waals surface area contributed by atoms with Crippen molar-refractivity contribution < 1.29 is 18.7 Å². The molecule has 1 aliphatic carbocycles. The van der Waals surface area contributed by atoms with Gasteiger partial charge in [0.25, 0.3) is 5.91 Å². The molecule has 2 fully saturated rings. The first-order valence-corrected chi connectivity index (χ1v) is 8.55. The van der Waals surface area contributed by atoms with E-state index in [9.17, 15) is 14.0 Å². The number of benzene rings is 1. The fraction of sp³-hybridized carbons (Fsp3) is 0.556. The predicted molar refractivity (Wildman–Crippen MR) is 87.1 cm³/mol. The van der Waals surface area contributed by atoms with Gasteiger partial charge in [-0.1, -0.05) is 19.8 Å². The van der Waals surface area contributed by atoms with Crippen LogP contribution >= 0.6 is 0 Å². The van der Waals surface area contributed by atoms with Gasteiger partial charge in [-0.25, -0.2) is 9.18 Å². The Morgan fingerprint density at radius 1 is 1.29 bits per heavy atom. The molecule has 1 saturated heterocycles. The Morgan fingerprint density at radius 2 is 2.04 bits per heavy atom. The number of carbonyl (C=O) groups excluding carboxylic acids is 2. The van der Waals surface area contributed by atoms with Gasteiger partial charge in [-0.05, 0) is 49.4 Å². The molecule has 24 heavy (non-hydrogen) atoms. The van der Waals surface area contributed by atoms with Crippen LogP contribution in [0.2, 0.25) is 0 Å². The SMILES string of the molecule is C[C@@H]1CCCC[C@]12NC(=O)N(CCCOc1ccc(F)cc1)C2=O. The summed E-state index contributed by atoms with van der Waals surface area (Å²) in [5, 5.41) is 2.94. The molecule has 0 radical (unpaired) electrons. The molecule has 1 spiro atoms. The average molecular weight is 334 g/mol. The summed E-state index contributed by atoms with van der Waals surface area (Å²) in [6.45, 7) is 2.74. The normalized spacial score (nSPS) is 26.8. The number of carbonyl (C=O) groups is 2. The van der Waals surface area contributed by atoms with E-state index in [2.05, 4.69) is 5.32 Å². The number of amides is 3. The minimum atomic E-state index is -0.701. The summed E-state index contributed by atoms with van der Waals surface area (Å²) < 4.78 is 18.3.